The molecule has 1 rings (SSSR count). The van der Waals surface area contributed by atoms with Gasteiger partial charge in [-0.05, 0) is 39.7 Å². The maximum atomic E-state index is 6.20. The lowest BCUT2D eigenvalue weighted by atomic mass is 10.1. The molecule has 7 heteroatoms. The monoisotopic (exact) mass is 519 g/mol. The number of rotatable bonds is 20. The molecule has 1 unspecified atom stereocenters. The lowest BCUT2D eigenvalue weighted by Crippen LogP contribution is -3.00. The molecule has 1 aliphatic rings. The average Bonchev–Trinajstić information content (AvgIpc) is 3.22. The van der Waals surface area contributed by atoms with Crippen molar-refractivity contribution < 1.29 is 35.8 Å². The van der Waals surface area contributed by atoms with E-state index in [1.54, 1.807) is 0 Å². The third-order valence-electron chi connectivity index (χ3n) is 5.79. The summed E-state index contributed by atoms with van der Waals surface area (Å²) in [5.74, 6) is -0.867. The third kappa shape index (κ3) is 11.1. The molecule has 1 atom stereocenters. The van der Waals surface area contributed by atoms with Gasteiger partial charge >= 0.3 is 5.91 Å². The molecule has 0 spiro atoms. The summed E-state index contributed by atoms with van der Waals surface area (Å²) in [7, 11) is 3.66. The highest BCUT2D eigenvalue weighted by molar-refractivity contribution is 6.08. The van der Waals surface area contributed by atoms with Crippen molar-refractivity contribution in [1.82, 2.24) is 4.90 Å². The van der Waals surface area contributed by atoms with Crippen LogP contribution in [0, 0.1) is 0 Å². The topological polar surface area (TPSA) is 33.9 Å². The van der Waals surface area contributed by atoms with Crippen molar-refractivity contribution in [2.45, 2.75) is 110 Å². The maximum absolute atomic E-state index is 6.20. The van der Waals surface area contributed by atoms with Crippen LogP contribution in [-0.4, -0.2) is 77.5 Å². The molecule has 0 amide bonds. The van der Waals surface area contributed by atoms with Crippen LogP contribution in [0.4, 0.5) is 0 Å². The molecule has 0 aromatic rings. The van der Waals surface area contributed by atoms with Crippen LogP contribution in [0.2, 0.25) is 6.04 Å². The van der Waals surface area contributed by atoms with Gasteiger partial charge in [-0.15, -0.1) is 0 Å². The molecule has 1 aliphatic heterocycles. The molecule has 0 aliphatic carbocycles. The van der Waals surface area contributed by atoms with Crippen molar-refractivity contribution in [2.24, 2.45) is 0 Å². The Labute approximate surface area is 206 Å². The zero-order valence-corrected chi connectivity index (χ0v) is 23.3. The summed E-state index contributed by atoms with van der Waals surface area (Å²) in [6.07, 6.45) is 15.7. The Morgan fingerprint density at radius 3 is 1.90 bits per heavy atom. The van der Waals surface area contributed by atoms with Gasteiger partial charge < -0.3 is 31.2 Å². The van der Waals surface area contributed by atoms with E-state index in [-0.39, 0.29) is 23.1 Å². The van der Waals surface area contributed by atoms with Gasteiger partial charge in [0.15, 0.2) is 6.10 Å². The highest BCUT2D eigenvalue weighted by Gasteiger charge is 2.52. The van der Waals surface area contributed by atoms with Crippen LogP contribution in [0.15, 0.2) is 0 Å². The lowest BCUT2D eigenvalue weighted by molar-refractivity contribution is -0.514. The second-order valence-electron chi connectivity index (χ2n) is 8.17. The van der Waals surface area contributed by atoms with Crippen molar-refractivity contribution in [3.8, 4) is 0 Å². The minimum Gasteiger partial charge on any atom is -1.00 e. The first kappa shape index (κ1) is 31.0. The molecule has 0 fully saturated rings. The fourth-order valence-electron chi connectivity index (χ4n) is 4.24. The van der Waals surface area contributed by atoms with Crippen molar-refractivity contribution in [3.63, 3.8) is 0 Å². The second-order valence-corrected chi connectivity index (χ2v) is 8.58. The molecular weight excluding hydrogens is 472 g/mol. The van der Waals surface area contributed by atoms with E-state index in [2.05, 4.69) is 33.0 Å². The summed E-state index contributed by atoms with van der Waals surface area (Å²) in [5, 5.41) is 0. The highest BCUT2D eigenvalue weighted by Crippen LogP contribution is 2.28. The minimum atomic E-state index is -0.867. The summed E-state index contributed by atoms with van der Waals surface area (Å²) in [5.41, 5.74) is 0. The largest absolute Gasteiger partial charge is 1.00 e. The molecule has 0 aromatic carbocycles. The van der Waals surface area contributed by atoms with Crippen LogP contribution in [0.25, 0.3) is 0 Å². The van der Waals surface area contributed by atoms with Gasteiger partial charge in [-0.1, -0.05) is 58.3 Å². The SMILES string of the molecule is CCCCCCCCCCCC[N+]1=CN(C(OCC)(OCC)C(C[Si])OCC)CC1.[Br-]. The van der Waals surface area contributed by atoms with Crippen LogP contribution >= 0.6 is 0 Å². The predicted molar refractivity (Wildman–Crippen MR) is 127 cm³/mol. The van der Waals surface area contributed by atoms with Gasteiger partial charge in [-0.2, -0.15) is 0 Å². The normalized spacial score (nSPS) is 15.1. The van der Waals surface area contributed by atoms with Crippen molar-refractivity contribution >= 4 is 16.6 Å². The summed E-state index contributed by atoms with van der Waals surface area (Å²) in [6, 6.07) is 0.663. The Morgan fingerprint density at radius 2 is 1.42 bits per heavy atom. The quantitative estimate of drug-likeness (QED) is 0.106. The first-order valence-electron chi connectivity index (χ1n) is 12.6. The first-order chi connectivity index (χ1) is 14.7. The summed E-state index contributed by atoms with van der Waals surface area (Å²) in [4.78, 5) is 2.21. The van der Waals surface area contributed by atoms with E-state index < -0.39 is 5.91 Å². The Morgan fingerprint density at radius 1 is 0.871 bits per heavy atom. The fourth-order valence-corrected chi connectivity index (χ4v) is 4.62. The van der Waals surface area contributed by atoms with Crippen LogP contribution < -0.4 is 17.0 Å². The zero-order valence-electron chi connectivity index (χ0n) is 20.7. The van der Waals surface area contributed by atoms with Gasteiger partial charge in [0, 0.05) is 16.8 Å². The maximum Gasteiger partial charge on any atom is 0.349 e. The Balaban J connectivity index is 0.00000900. The van der Waals surface area contributed by atoms with E-state index in [1.807, 2.05) is 20.8 Å². The van der Waals surface area contributed by atoms with Crippen molar-refractivity contribution in [3.05, 3.63) is 0 Å². The molecule has 0 saturated carbocycles. The van der Waals surface area contributed by atoms with Gasteiger partial charge in [0.1, 0.15) is 13.1 Å². The third-order valence-corrected chi connectivity index (χ3v) is 6.16. The number of unbranched alkanes of at least 4 members (excludes halogenated alkanes) is 9. The van der Waals surface area contributed by atoms with E-state index in [0.717, 1.165) is 19.6 Å². The van der Waals surface area contributed by atoms with Crippen molar-refractivity contribution in [1.29, 1.82) is 0 Å². The number of nitrogens with zero attached hydrogens (tertiary/aromatic N) is 2. The summed E-state index contributed by atoms with van der Waals surface area (Å²) < 4.78 is 20.8. The fraction of sp³-hybridized carbons (Fsp3) is 0.958. The minimum absolute atomic E-state index is 0. The Hall–Kier alpha value is 0.0469. The smallest absolute Gasteiger partial charge is 0.349 e. The molecular formula is C24H48BrN2O3Si. The number of ether oxygens (including phenoxy) is 3. The highest BCUT2D eigenvalue weighted by atomic mass is 79.9. The van der Waals surface area contributed by atoms with Gasteiger partial charge in [-0.25, -0.2) is 4.90 Å². The summed E-state index contributed by atoms with van der Waals surface area (Å²) in [6.45, 7) is 13.1. The second kappa shape index (κ2) is 19.5. The van der Waals surface area contributed by atoms with Gasteiger partial charge in [0.25, 0.3) is 0 Å². The van der Waals surface area contributed by atoms with Crippen LogP contribution in [0.5, 0.6) is 0 Å². The molecule has 0 saturated heterocycles. The molecule has 1 heterocycles. The predicted octanol–water partition coefficient (Wildman–Crippen LogP) is 1.99. The Bertz CT molecular complexity index is 449. The molecule has 183 valence electrons. The lowest BCUT2D eigenvalue weighted by Gasteiger charge is -2.39. The van der Waals surface area contributed by atoms with E-state index in [9.17, 15) is 0 Å². The number of halogens is 1. The van der Waals surface area contributed by atoms with E-state index in [0.29, 0.717) is 25.9 Å². The molecule has 3 radical (unpaired) electrons. The van der Waals surface area contributed by atoms with E-state index in [4.69, 9.17) is 14.2 Å². The van der Waals surface area contributed by atoms with E-state index in [1.165, 1.54) is 64.2 Å². The Kier molecular flexibility index (Phi) is 19.5. The molecule has 0 bridgehead atoms. The van der Waals surface area contributed by atoms with Gasteiger partial charge in [-0.3, -0.25) is 4.58 Å². The molecule has 5 nitrogen and oxygen atoms in total. The molecule has 31 heavy (non-hydrogen) atoms. The average molecular weight is 521 g/mol. The van der Waals surface area contributed by atoms with Crippen LogP contribution in [0.1, 0.15) is 91.9 Å². The molecule has 0 aromatic heterocycles. The van der Waals surface area contributed by atoms with Crippen molar-refractivity contribution in [2.75, 3.05) is 39.5 Å². The van der Waals surface area contributed by atoms with Gasteiger partial charge in [0.2, 0.25) is 6.34 Å². The van der Waals surface area contributed by atoms with E-state index >= 15 is 0 Å². The zero-order chi connectivity index (χ0) is 22.1. The van der Waals surface area contributed by atoms with Crippen LogP contribution in [0.3, 0.4) is 0 Å². The molecule has 0 N–H and O–H groups in total. The van der Waals surface area contributed by atoms with Gasteiger partial charge in [0.05, 0.1) is 19.8 Å². The first-order valence-corrected chi connectivity index (χ1v) is 13.3. The summed E-state index contributed by atoms with van der Waals surface area (Å²) >= 11 is 0. The number of hydrogen-bond donors (Lipinski definition) is 0. The number of hydrogen-bond acceptors (Lipinski definition) is 4. The van der Waals surface area contributed by atoms with Crippen LogP contribution in [-0.2, 0) is 14.2 Å². The standard InChI is InChI=1S/C24H48N2O3Si.BrH/c1-5-9-10-11-12-13-14-15-16-17-18-25-19-20-26(22-25)24(28-7-3,29-8-4)23(21-30)27-6-2;/h22-23H,5-21H2,1-4H3;1H/q+1;/p-1.